The number of pyridine rings is 1. The maximum Gasteiger partial charge on any atom is 0.259 e. The molecule has 3 rings (SSSR count). The third-order valence-corrected chi connectivity index (χ3v) is 5.22. The van der Waals surface area contributed by atoms with Crippen LogP contribution in [0.3, 0.4) is 0 Å². The molecule has 0 aliphatic carbocycles. The molecule has 1 N–H and O–H groups in total. The summed E-state index contributed by atoms with van der Waals surface area (Å²) in [6, 6.07) is 7.51. The zero-order valence-electron chi connectivity index (χ0n) is 15.6. The van der Waals surface area contributed by atoms with Gasteiger partial charge < -0.3 is 14.6 Å². The van der Waals surface area contributed by atoms with Crippen LogP contribution in [0.5, 0.6) is 5.75 Å². The van der Waals surface area contributed by atoms with E-state index in [-0.39, 0.29) is 22.7 Å². The smallest absolute Gasteiger partial charge is 0.259 e. The molecule has 0 radical (unpaired) electrons. The second kappa shape index (κ2) is 7.60. The number of rotatable bonds is 4. The van der Waals surface area contributed by atoms with E-state index in [0.29, 0.717) is 30.9 Å². The van der Waals surface area contributed by atoms with Crippen molar-refractivity contribution >= 4 is 0 Å². The highest BCUT2D eigenvalue weighted by Crippen LogP contribution is 2.34. The minimum Gasteiger partial charge on any atom is -0.507 e. The van der Waals surface area contributed by atoms with Gasteiger partial charge in [0.15, 0.2) is 0 Å². The number of benzene rings is 1. The first-order chi connectivity index (χ1) is 12.4. The molecule has 2 heterocycles. The van der Waals surface area contributed by atoms with Crippen molar-refractivity contribution in [3.05, 3.63) is 63.3 Å². The van der Waals surface area contributed by atoms with Gasteiger partial charge in [-0.3, -0.25) is 9.69 Å². The van der Waals surface area contributed by atoms with Crippen molar-refractivity contribution in [3.8, 4) is 5.75 Å². The Labute approximate surface area is 153 Å². The van der Waals surface area contributed by atoms with E-state index in [1.165, 1.54) is 6.07 Å². The third kappa shape index (κ3) is 3.39. The molecule has 1 atom stereocenters. The Morgan fingerprint density at radius 2 is 1.85 bits per heavy atom. The lowest BCUT2D eigenvalue weighted by Gasteiger charge is -2.38. The van der Waals surface area contributed by atoms with Crippen molar-refractivity contribution in [2.45, 2.75) is 26.4 Å². The van der Waals surface area contributed by atoms with Gasteiger partial charge in [0.25, 0.3) is 5.56 Å². The van der Waals surface area contributed by atoms with Gasteiger partial charge in [-0.15, -0.1) is 0 Å². The monoisotopic (exact) mass is 359 g/mol. The van der Waals surface area contributed by atoms with Crippen LogP contribution in [0.2, 0.25) is 0 Å². The number of hydrogen-bond acceptors (Lipinski definition) is 4. The average Bonchev–Trinajstić information content (AvgIpc) is 2.61. The highest BCUT2D eigenvalue weighted by Gasteiger charge is 2.32. The lowest BCUT2D eigenvalue weighted by atomic mass is 9.95. The Morgan fingerprint density at radius 3 is 2.46 bits per heavy atom. The van der Waals surface area contributed by atoms with Crippen molar-refractivity contribution in [2.24, 2.45) is 0 Å². The quantitative estimate of drug-likeness (QED) is 0.911. The average molecular weight is 359 g/mol. The Balaban J connectivity index is 2.19. The molecule has 2 aromatic rings. The summed E-state index contributed by atoms with van der Waals surface area (Å²) >= 11 is 0. The summed E-state index contributed by atoms with van der Waals surface area (Å²) in [6.45, 7) is 7.26. The fraction of sp³-hybridized carbons (Fsp3) is 0.450. The van der Waals surface area contributed by atoms with Crippen LogP contribution in [0.25, 0.3) is 0 Å². The van der Waals surface area contributed by atoms with Crippen molar-refractivity contribution in [1.29, 1.82) is 0 Å². The number of halogens is 1. The molecule has 1 saturated heterocycles. The van der Waals surface area contributed by atoms with Gasteiger partial charge >= 0.3 is 0 Å². The molecule has 1 fully saturated rings. The molecule has 1 aliphatic heterocycles. The van der Waals surface area contributed by atoms with Crippen LogP contribution in [0.4, 0.5) is 4.39 Å². The molecule has 140 valence electrons. The van der Waals surface area contributed by atoms with Gasteiger partial charge in [0.2, 0.25) is 0 Å². The van der Waals surface area contributed by atoms with Crippen molar-refractivity contribution < 1.29 is 9.50 Å². The van der Waals surface area contributed by atoms with Gasteiger partial charge in [0.1, 0.15) is 11.6 Å². The van der Waals surface area contributed by atoms with E-state index in [9.17, 15) is 14.3 Å². The maximum absolute atomic E-state index is 14.7. The van der Waals surface area contributed by atoms with Gasteiger partial charge in [0.05, 0.1) is 11.6 Å². The first-order valence-electron chi connectivity index (χ1n) is 9.04. The Hall–Kier alpha value is -2.18. The molecular formula is C20H26FN3O2. The van der Waals surface area contributed by atoms with Gasteiger partial charge in [-0.2, -0.15) is 0 Å². The Bertz CT molecular complexity index is 841. The first-order valence-corrected chi connectivity index (χ1v) is 9.04. The predicted octanol–water partition coefficient (Wildman–Crippen LogP) is 2.36. The molecule has 1 aromatic heterocycles. The summed E-state index contributed by atoms with van der Waals surface area (Å²) in [5, 5.41) is 10.6. The number of nitrogens with zero attached hydrogens (tertiary/aromatic N) is 3. The minimum atomic E-state index is -0.601. The molecule has 26 heavy (non-hydrogen) atoms. The molecular weight excluding hydrogens is 333 g/mol. The summed E-state index contributed by atoms with van der Waals surface area (Å²) in [7, 11) is 2.04. The number of aromatic hydroxyl groups is 1. The summed E-state index contributed by atoms with van der Waals surface area (Å²) in [6.07, 6.45) is 0. The lowest BCUT2D eigenvalue weighted by molar-refractivity contribution is 0.123. The topological polar surface area (TPSA) is 48.7 Å². The lowest BCUT2D eigenvalue weighted by Crippen LogP contribution is -2.47. The van der Waals surface area contributed by atoms with Gasteiger partial charge in [-0.05, 0) is 33.0 Å². The van der Waals surface area contributed by atoms with Gasteiger partial charge in [-0.1, -0.05) is 18.2 Å². The largest absolute Gasteiger partial charge is 0.507 e. The minimum absolute atomic E-state index is 0.0654. The van der Waals surface area contributed by atoms with E-state index in [1.807, 2.05) is 14.0 Å². The fourth-order valence-electron chi connectivity index (χ4n) is 3.73. The van der Waals surface area contributed by atoms with E-state index in [1.54, 1.807) is 35.8 Å². The summed E-state index contributed by atoms with van der Waals surface area (Å²) in [4.78, 5) is 17.4. The zero-order valence-corrected chi connectivity index (χ0v) is 15.6. The van der Waals surface area contributed by atoms with Crippen LogP contribution in [-0.2, 0) is 6.54 Å². The Morgan fingerprint density at radius 1 is 1.19 bits per heavy atom. The van der Waals surface area contributed by atoms with Crippen LogP contribution in [0.1, 0.15) is 29.8 Å². The number of hydrogen-bond donors (Lipinski definition) is 1. The molecule has 5 nitrogen and oxygen atoms in total. The second-order valence-corrected chi connectivity index (χ2v) is 6.90. The standard InChI is InChI=1S/C20H26FN3O2/c1-4-24-14(2)13-17(25)18(20(24)26)19(15-7-5-6-8-16(15)21)23-11-9-22(3)10-12-23/h5-8,13,19,25H,4,9-12H2,1-3H3. The molecule has 0 saturated carbocycles. The second-order valence-electron chi connectivity index (χ2n) is 6.90. The van der Waals surface area contributed by atoms with E-state index in [4.69, 9.17) is 0 Å². The summed E-state index contributed by atoms with van der Waals surface area (Å²) in [5.74, 6) is -0.428. The number of likely N-dealkylation sites (N-methyl/N-ethyl adjacent to an activating group) is 1. The molecule has 0 bridgehead atoms. The van der Waals surface area contributed by atoms with E-state index >= 15 is 0 Å². The number of piperazine rings is 1. The first kappa shape index (κ1) is 18.6. The van der Waals surface area contributed by atoms with Crippen LogP contribution < -0.4 is 5.56 Å². The molecule has 1 unspecified atom stereocenters. The van der Waals surface area contributed by atoms with E-state index in [2.05, 4.69) is 9.80 Å². The molecule has 0 amide bonds. The van der Waals surface area contributed by atoms with E-state index in [0.717, 1.165) is 13.1 Å². The highest BCUT2D eigenvalue weighted by atomic mass is 19.1. The van der Waals surface area contributed by atoms with Crippen LogP contribution in [0.15, 0.2) is 35.1 Å². The van der Waals surface area contributed by atoms with Crippen LogP contribution >= 0.6 is 0 Å². The maximum atomic E-state index is 14.7. The molecule has 1 aromatic carbocycles. The van der Waals surface area contributed by atoms with Crippen molar-refractivity contribution in [1.82, 2.24) is 14.4 Å². The normalized spacial score (nSPS) is 17.4. The summed E-state index contributed by atoms with van der Waals surface area (Å²) in [5.41, 5.74) is 1.13. The predicted molar refractivity (Wildman–Crippen MR) is 100 cm³/mol. The van der Waals surface area contributed by atoms with Crippen LogP contribution in [-0.4, -0.2) is 52.7 Å². The molecule has 0 spiro atoms. The number of aromatic nitrogens is 1. The van der Waals surface area contributed by atoms with Crippen molar-refractivity contribution in [3.63, 3.8) is 0 Å². The van der Waals surface area contributed by atoms with Crippen molar-refractivity contribution in [2.75, 3.05) is 33.2 Å². The third-order valence-electron chi connectivity index (χ3n) is 5.22. The molecule has 6 heteroatoms. The Kier molecular flexibility index (Phi) is 5.44. The fourth-order valence-corrected chi connectivity index (χ4v) is 3.73. The van der Waals surface area contributed by atoms with Gasteiger partial charge in [0, 0.05) is 44.0 Å². The zero-order chi connectivity index (χ0) is 18.8. The van der Waals surface area contributed by atoms with Gasteiger partial charge in [-0.25, -0.2) is 4.39 Å². The SMILES string of the molecule is CCn1c(C)cc(O)c(C(c2ccccc2F)N2CCN(C)CC2)c1=O. The highest BCUT2D eigenvalue weighted by molar-refractivity contribution is 5.41. The number of aryl methyl sites for hydroxylation is 1. The molecule has 1 aliphatic rings. The van der Waals surface area contributed by atoms with Crippen LogP contribution in [0, 0.1) is 12.7 Å². The van der Waals surface area contributed by atoms with E-state index < -0.39 is 6.04 Å². The summed E-state index contributed by atoms with van der Waals surface area (Å²) < 4.78 is 16.3.